The molecule has 0 spiro atoms. The molecular weight excluding hydrogens is 442 g/mol. The number of thioether (sulfide) groups is 1. The molecule has 178 valence electrons. The molecule has 33 heavy (non-hydrogen) atoms. The number of rotatable bonds is 12. The molecule has 2 aromatic rings. The molecule has 0 aliphatic carbocycles. The number of nitrogens with one attached hydrogen (secondary N) is 2. The number of benzene rings is 1. The second-order valence-electron chi connectivity index (χ2n) is 7.58. The minimum atomic E-state index is 0.440. The van der Waals surface area contributed by atoms with Gasteiger partial charge in [-0.1, -0.05) is 6.07 Å². The van der Waals surface area contributed by atoms with Gasteiger partial charge in [0.15, 0.2) is 17.7 Å². The lowest BCUT2D eigenvalue weighted by molar-refractivity contribution is 0.127. The van der Waals surface area contributed by atoms with Crippen LogP contribution in [0.5, 0.6) is 11.5 Å². The second-order valence-corrected chi connectivity index (χ2v) is 8.69. The number of aliphatic imine (C=N–C) groups is 1. The maximum absolute atomic E-state index is 8.94. The van der Waals surface area contributed by atoms with Gasteiger partial charge in [-0.05, 0) is 43.9 Å². The van der Waals surface area contributed by atoms with E-state index in [9.17, 15) is 0 Å². The molecule has 0 atom stereocenters. The van der Waals surface area contributed by atoms with E-state index in [4.69, 9.17) is 23.9 Å². The van der Waals surface area contributed by atoms with Crippen molar-refractivity contribution in [2.75, 3.05) is 52.8 Å². The highest BCUT2D eigenvalue weighted by Crippen LogP contribution is 2.30. The highest BCUT2D eigenvalue weighted by molar-refractivity contribution is 7.98. The van der Waals surface area contributed by atoms with Gasteiger partial charge in [-0.3, -0.25) is 10.3 Å². The van der Waals surface area contributed by atoms with E-state index in [-0.39, 0.29) is 0 Å². The van der Waals surface area contributed by atoms with Gasteiger partial charge in [-0.25, -0.2) is 0 Å². The molecule has 1 aliphatic rings. The van der Waals surface area contributed by atoms with Crippen LogP contribution >= 0.6 is 11.8 Å². The van der Waals surface area contributed by atoms with Gasteiger partial charge in [0.2, 0.25) is 5.96 Å². The summed E-state index contributed by atoms with van der Waals surface area (Å²) < 4.78 is 22.6. The molecule has 2 heterocycles. The fourth-order valence-electron chi connectivity index (χ4n) is 3.09. The lowest BCUT2D eigenvalue weighted by Crippen LogP contribution is -2.36. The Morgan fingerprint density at radius 3 is 2.82 bits per heavy atom. The van der Waals surface area contributed by atoms with Gasteiger partial charge in [0.25, 0.3) is 0 Å². The summed E-state index contributed by atoms with van der Waals surface area (Å²) in [4.78, 5) is 6.45. The van der Waals surface area contributed by atoms with Crippen molar-refractivity contribution in [3.63, 3.8) is 0 Å². The summed E-state index contributed by atoms with van der Waals surface area (Å²) in [5, 5.41) is 14.7. The quantitative estimate of drug-likeness (QED) is 0.158. The van der Waals surface area contributed by atoms with Crippen molar-refractivity contribution in [1.82, 2.24) is 15.5 Å². The Hall–Kier alpha value is -2.87. The summed E-state index contributed by atoms with van der Waals surface area (Å²) in [6.07, 6.45) is 1.91. The first-order chi connectivity index (χ1) is 16.1. The van der Waals surface area contributed by atoms with E-state index in [1.807, 2.05) is 50.6 Å². The zero-order valence-electron chi connectivity index (χ0n) is 19.1. The van der Waals surface area contributed by atoms with Crippen LogP contribution in [0.4, 0.5) is 0 Å². The van der Waals surface area contributed by atoms with Gasteiger partial charge in [0, 0.05) is 12.3 Å². The van der Waals surface area contributed by atoms with Crippen LogP contribution < -0.4 is 20.1 Å². The molecular formula is C23H31N5O4S. The summed E-state index contributed by atoms with van der Waals surface area (Å²) in [7, 11) is 4.03. The molecule has 3 rings (SSSR count). The van der Waals surface area contributed by atoms with Crippen LogP contribution in [0.25, 0.3) is 0 Å². The average molecular weight is 474 g/mol. The van der Waals surface area contributed by atoms with Crippen molar-refractivity contribution < 1.29 is 18.6 Å². The fraction of sp³-hybridized carbons (Fsp3) is 0.478. The van der Waals surface area contributed by atoms with Crippen LogP contribution in [-0.2, 0) is 23.6 Å². The van der Waals surface area contributed by atoms with Crippen LogP contribution in [0.15, 0.2) is 39.7 Å². The van der Waals surface area contributed by atoms with E-state index in [2.05, 4.69) is 20.5 Å². The third kappa shape index (κ3) is 8.88. The summed E-state index contributed by atoms with van der Waals surface area (Å²) >= 11 is 1.76. The van der Waals surface area contributed by atoms with Crippen molar-refractivity contribution in [3.8, 4) is 17.7 Å². The van der Waals surface area contributed by atoms with Crippen molar-refractivity contribution in [2.45, 2.75) is 18.9 Å². The largest absolute Gasteiger partial charge is 0.486 e. The normalized spacial score (nSPS) is 13.1. The molecule has 1 aromatic heterocycles. The predicted octanol–water partition coefficient (Wildman–Crippen LogP) is 2.58. The topological polar surface area (TPSA) is 104 Å². The first-order valence-corrected chi connectivity index (χ1v) is 12.0. The van der Waals surface area contributed by atoms with Gasteiger partial charge in [-0.15, -0.1) is 0 Å². The van der Waals surface area contributed by atoms with Gasteiger partial charge in [0.05, 0.1) is 32.1 Å². The number of nitrogens with zero attached hydrogens (tertiary/aromatic N) is 3. The highest BCUT2D eigenvalue weighted by atomic mass is 32.2. The number of nitriles is 1. The summed E-state index contributed by atoms with van der Waals surface area (Å²) in [5.74, 6) is 5.58. The molecule has 0 bridgehead atoms. The van der Waals surface area contributed by atoms with E-state index < -0.39 is 0 Å². The van der Waals surface area contributed by atoms with Crippen LogP contribution in [-0.4, -0.2) is 63.6 Å². The van der Waals surface area contributed by atoms with Gasteiger partial charge in [0.1, 0.15) is 24.7 Å². The molecule has 1 aromatic carbocycles. The van der Waals surface area contributed by atoms with E-state index in [0.717, 1.165) is 46.6 Å². The molecule has 0 saturated carbocycles. The smallest absolute Gasteiger partial charge is 0.204 e. The molecule has 1 aliphatic heterocycles. The van der Waals surface area contributed by atoms with Gasteiger partial charge < -0.3 is 28.8 Å². The minimum Gasteiger partial charge on any atom is -0.486 e. The molecule has 0 unspecified atom stereocenters. The molecule has 0 saturated heterocycles. The lowest BCUT2D eigenvalue weighted by atomic mass is 10.2. The summed E-state index contributed by atoms with van der Waals surface area (Å²) in [5.41, 5.74) is 1.01. The van der Waals surface area contributed by atoms with Crippen LogP contribution in [0.1, 0.15) is 17.1 Å². The van der Waals surface area contributed by atoms with Crippen molar-refractivity contribution in [1.29, 1.82) is 5.26 Å². The first-order valence-electron chi connectivity index (χ1n) is 10.8. The zero-order chi connectivity index (χ0) is 23.3. The highest BCUT2D eigenvalue weighted by Gasteiger charge is 2.11. The van der Waals surface area contributed by atoms with Crippen LogP contribution in [0, 0.1) is 11.5 Å². The molecule has 2 N–H and O–H groups in total. The molecule has 9 nitrogen and oxygen atoms in total. The monoisotopic (exact) mass is 473 g/mol. The second kappa shape index (κ2) is 13.6. The third-order valence-electron chi connectivity index (χ3n) is 4.53. The Morgan fingerprint density at radius 1 is 1.18 bits per heavy atom. The molecule has 0 radical (unpaired) electrons. The van der Waals surface area contributed by atoms with Crippen LogP contribution in [0.2, 0.25) is 0 Å². The maximum atomic E-state index is 8.94. The number of hydrogen-bond donors (Lipinski definition) is 2. The standard InChI is InChI=1S/C23H31N5O4S/c1-28(2)14-19-4-5-20(32-19)16-33-12-8-26-23(27-17-24)25-7-9-29-15-18-3-6-21-22(13-18)31-11-10-30-21/h3-6,13H,7-12,14-16H2,1-2H3,(H2,25,26,27). The van der Waals surface area contributed by atoms with Crippen molar-refractivity contribution in [3.05, 3.63) is 47.4 Å². The number of hydrogen-bond acceptors (Lipinski definition) is 8. The maximum Gasteiger partial charge on any atom is 0.204 e. The van der Waals surface area contributed by atoms with E-state index in [1.54, 1.807) is 11.8 Å². The molecule has 0 fully saturated rings. The Balaban J connectivity index is 1.30. The number of fused-ring (bicyclic) bond motifs is 1. The average Bonchev–Trinajstić information content (AvgIpc) is 3.24. The van der Waals surface area contributed by atoms with E-state index in [1.165, 1.54) is 0 Å². The zero-order valence-corrected chi connectivity index (χ0v) is 20.0. The Bertz CT molecular complexity index is 941. The summed E-state index contributed by atoms with van der Waals surface area (Å²) in [6, 6.07) is 9.84. The van der Waals surface area contributed by atoms with Crippen molar-refractivity contribution in [2.24, 2.45) is 4.99 Å². The Kier molecular flexibility index (Phi) is 10.2. The molecule has 10 heteroatoms. The minimum absolute atomic E-state index is 0.440. The SMILES string of the molecule is CN(C)Cc1ccc(CSCCNC(=NCCOCc2ccc3c(c2)OCCO3)NC#N)o1. The number of furan rings is 1. The van der Waals surface area contributed by atoms with Gasteiger partial charge >= 0.3 is 0 Å². The number of ether oxygens (including phenoxy) is 3. The predicted molar refractivity (Wildman–Crippen MR) is 128 cm³/mol. The molecule has 0 amide bonds. The Labute approximate surface area is 199 Å². The van der Waals surface area contributed by atoms with Crippen LogP contribution in [0.3, 0.4) is 0 Å². The number of guanidine groups is 1. The summed E-state index contributed by atoms with van der Waals surface area (Å²) in [6.45, 7) is 3.96. The first kappa shape index (κ1) is 24.8. The van der Waals surface area contributed by atoms with Crippen molar-refractivity contribution >= 4 is 17.7 Å². The van der Waals surface area contributed by atoms with E-state index >= 15 is 0 Å². The third-order valence-corrected chi connectivity index (χ3v) is 5.51. The van der Waals surface area contributed by atoms with E-state index in [0.29, 0.717) is 45.5 Å². The van der Waals surface area contributed by atoms with Gasteiger partial charge in [-0.2, -0.15) is 17.0 Å². The Morgan fingerprint density at radius 2 is 2.00 bits per heavy atom. The lowest BCUT2D eigenvalue weighted by Gasteiger charge is -2.18. The fourth-order valence-corrected chi connectivity index (χ4v) is 3.84.